The summed E-state index contributed by atoms with van der Waals surface area (Å²) >= 11 is 0. The van der Waals surface area contributed by atoms with Crippen LogP contribution < -0.4 is 9.47 Å². The molecule has 0 bridgehead atoms. The molecular formula is C13H17NO5. The molecule has 0 saturated heterocycles. The molecule has 0 aromatic heterocycles. The van der Waals surface area contributed by atoms with E-state index in [4.69, 9.17) is 9.47 Å². The first-order chi connectivity index (χ1) is 9.03. The molecule has 19 heavy (non-hydrogen) atoms. The van der Waals surface area contributed by atoms with Gasteiger partial charge < -0.3 is 19.1 Å². The Hall–Kier alpha value is -2.24. The maximum absolute atomic E-state index is 12.2. The van der Waals surface area contributed by atoms with Crippen LogP contribution >= 0.6 is 0 Å². The lowest BCUT2D eigenvalue weighted by molar-refractivity contribution is -0.141. The number of likely N-dealkylation sites (N-methyl/N-ethyl adjacent to an activating group) is 1. The van der Waals surface area contributed by atoms with Gasteiger partial charge in [0.2, 0.25) is 0 Å². The van der Waals surface area contributed by atoms with Gasteiger partial charge in [-0.05, 0) is 12.1 Å². The second-order valence-corrected chi connectivity index (χ2v) is 3.80. The summed E-state index contributed by atoms with van der Waals surface area (Å²) in [6.45, 7) is -0.121. The number of benzene rings is 1. The lowest BCUT2D eigenvalue weighted by Gasteiger charge is -2.17. The van der Waals surface area contributed by atoms with Crippen LogP contribution in [0.2, 0.25) is 0 Å². The zero-order valence-electron chi connectivity index (χ0n) is 11.4. The highest BCUT2D eigenvalue weighted by Crippen LogP contribution is 2.25. The largest absolute Gasteiger partial charge is 0.497 e. The van der Waals surface area contributed by atoms with Crippen molar-refractivity contribution in [3.05, 3.63) is 23.8 Å². The van der Waals surface area contributed by atoms with Crippen LogP contribution in [0.25, 0.3) is 0 Å². The van der Waals surface area contributed by atoms with Gasteiger partial charge in [0.25, 0.3) is 5.91 Å². The standard InChI is InChI=1S/C13H17NO5/c1-14(8-12(15)19-4)13(16)10-6-5-9(17-2)7-11(10)18-3/h5-7H,8H2,1-4H3. The minimum atomic E-state index is -0.483. The highest BCUT2D eigenvalue weighted by Gasteiger charge is 2.19. The molecule has 0 unspecified atom stereocenters. The molecule has 0 N–H and O–H groups in total. The van der Waals surface area contributed by atoms with Crippen molar-refractivity contribution in [3.63, 3.8) is 0 Å². The summed E-state index contributed by atoms with van der Waals surface area (Å²) in [7, 11) is 5.78. The third-order valence-electron chi connectivity index (χ3n) is 2.58. The molecule has 0 heterocycles. The lowest BCUT2D eigenvalue weighted by atomic mass is 10.1. The number of carbonyl (C=O) groups is 2. The summed E-state index contributed by atoms with van der Waals surface area (Å²) in [5, 5.41) is 0. The molecule has 1 aromatic carbocycles. The Bertz CT molecular complexity index is 472. The molecule has 1 aromatic rings. The smallest absolute Gasteiger partial charge is 0.325 e. The van der Waals surface area contributed by atoms with E-state index >= 15 is 0 Å². The van der Waals surface area contributed by atoms with Crippen molar-refractivity contribution in [2.75, 3.05) is 34.9 Å². The van der Waals surface area contributed by atoms with Gasteiger partial charge in [0.1, 0.15) is 18.0 Å². The fourth-order valence-electron chi connectivity index (χ4n) is 1.51. The van der Waals surface area contributed by atoms with E-state index in [2.05, 4.69) is 4.74 Å². The van der Waals surface area contributed by atoms with Crippen LogP contribution in [0, 0.1) is 0 Å². The third-order valence-corrected chi connectivity index (χ3v) is 2.58. The first-order valence-electron chi connectivity index (χ1n) is 5.57. The SMILES string of the molecule is COC(=O)CN(C)C(=O)c1ccc(OC)cc1OC. The molecule has 0 aliphatic rings. The van der Waals surface area contributed by atoms with Gasteiger partial charge in [0.05, 0.1) is 26.9 Å². The predicted molar refractivity (Wildman–Crippen MR) is 68.5 cm³/mol. The average molecular weight is 267 g/mol. The molecule has 6 nitrogen and oxygen atoms in total. The molecule has 0 saturated carbocycles. The first-order valence-corrected chi connectivity index (χ1v) is 5.57. The van der Waals surface area contributed by atoms with E-state index < -0.39 is 5.97 Å². The zero-order chi connectivity index (χ0) is 14.4. The highest BCUT2D eigenvalue weighted by molar-refractivity contribution is 5.98. The Morgan fingerprint density at radius 2 is 1.84 bits per heavy atom. The number of nitrogens with zero attached hydrogens (tertiary/aromatic N) is 1. The van der Waals surface area contributed by atoms with Crippen molar-refractivity contribution in [3.8, 4) is 11.5 Å². The number of hydrogen-bond donors (Lipinski definition) is 0. The van der Waals surface area contributed by atoms with Crippen LogP contribution in [0.1, 0.15) is 10.4 Å². The minimum absolute atomic E-state index is 0.121. The van der Waals surface area contributed by atoms with Crippen molar-refractivity contribution in [1.29, 1.82) is 0 Å². The summed E-state index contributed by atoms with van der Waals surface area (Å²) in [6.07, 6.45) is 0. The molecule has 0 aliphatic carbocycles. The molecule has 6 heteroatoms. The summed E-state index contributed by atoms with van der Waals surface area (Å²) < 4.78 is 14.7. The Balaban J connectivity index is 2.95. The number of amides is 1. The maximum Gasteiger partial charge on any atom is 0.325 e. The predicted octanol–water partition coefficient (Wildman–Crippen LogP) is 0.949. The van der Waals surface area contributed by atoms with Crippen LogP contribution in [0.4, 0.5) is 0 Å². The zero-order valence-corrected chi connectivity index (χ0v) is 11.4. The van der Waals surface area contributed by atoms with Gasteiger partial charge in [-0.15, -0.1) is 0 Å². The second-order valence-electron chi connectivity index (χ2n) is 3.80. The number of ether oxygens (including phenoxy) is 3. The molecule has 0 fully saturated rings. The van der Waals surface area contributed by atoms with E-state index in [1.165, 1.54) is 33.3 Å². The lowest BCUT2D eigenvalue weighted by Crippen LogP contribution is -2.32. The van der Waals surface area contributed by atoms with Gasteiger partial charge in [-0.2, -0.15) is 0 Å². The molecule has 1 amide bonds. The maximum atomic E-state index is 12.2. The van der Waals surface area contributed by atoms with E-state index in [1.54, 1.807) is 18.2 Å². The average Bonchev–Trinajstić information content (AvgIpc) is 2.45. The summed E-state index contributed by atoms with van der Waals surface area (Å²) in [5.74, 6) is 0.165. The third kappa shape index (κ3) is 3.61. The van der Waals surface area contributed by atoms with Gasteiger partial charge in [-0.3, -0.25) is 9.59 Å². The highest BCUT2D eigenvalue weighted by atomic mass is 16.5. The Morgan fingerprint density at radius 1 is 1.16 bits per heavy atom. The Kier molecular flexibility index (Phi) is 5.17. The second kappa shape index (κ2) is 6.63. The number of esters is 1. The van der Waals surface area contributed by atoms with Crippen LogP contribution in [0.3, 0.4) is 0 Å². The van der Waals surface area contributed by atoms with Crippen molar-refractivity contribution in [2.45, 2.75) is 0 Å². The van der Waals surface area contributed by atoms with Gasteiger partial charge >= 0.3 is 5.97 Å². The van der Waals surface area contributed by atoms with E-state index in [-0.39, 0.29) is 12.5 Å². The molecule has 0 radical (unpaired) electrons. The van der Waals surface area contributed by atoms with Crippen molar-refractivity contribution in [1.82, 2.24) is 4.90 Å². The van der Waals surface area contributed by atoms with Gasteiger partial charge in [0, 0.05) is 13.1 Å². The summed E-state index contributed by atoms with van der Waals surface area (Å²) in [4.78, 5) is 24.6. The molecule has 0 atom stereocenters. The van der Waals surface area contributed by atoms with Crippen LogP contribution in [0.5, 0.6) is 11.5 Å². The first kappa shape index (κ1) is 14.8. The molecular weight excluding hydrogens is 250 g/mol. The fraction of sp³-hybridized carbons (Fsp3) is 0.385. The molecule has 0 aliphatic heterocycles. The number of rotatable bonds is 5. The quantitative estimate of drug-likeness (QED) is 0.743. The normalized spacial score (nSPS) is 9.68. The summed E-state index contributed by atoms with van der Waals surface area (Å²) in [5.41, 5.74) is 0.356. The van der Waals surface area contributed by atoms with E-state index in [0.29, 0.717) is 17.1 Å². The van der Waals surface area contributed by atoms with Crippen LogP contribution in [0.15, 0.2) is 18.2 Å². The molecule has 104 valence electrons. The van der Waals surface area contributed by atoms with Crippen LogP contribution in [-0.2, 0) is 9.53 Å². The van der Waals surface area contributed by atoms with E-state index in [0.717, 1.165) is 0 Å². The van der Waals surface area contributed by atoms with Crippen molar-refractivity contribution < 1.29 is 23.8 Å². The Labute approximate surface area is 111 Å². The number of carbonyl (C=O) groups excluding carboxylic acids is 2. The molecule has 1 rings (SSSR count). The van der Waals surface area contributed by atoms with Gasteiger partial charge in [-0.25, -0.2) is 0 Å². The minimum Gasteiger partial charge on any atom is -0.497 e. The molecule has 0 spiro atoms. The van der Waals surface area contributed by atoms with Gasteiger partial charge in [0.15, 0.2) is 0 Å². The number of methoxy groups -OCH3 is 3. The van der Waals surface area contributed by atoms with Crippen molar-refractivity contribution >= 4 is 11.9 Å². The monoisotopic (exact) mass is 267 g/mol. The topological polar surface area (TPSA) is 65.1 Å². The van der Waals surface area contributed by atoms with Gasteiger partial charge in [-0.1, -0.05) is 0 Å². The number of hydrogen-bond acceptors (Lipinski definition) is 5. The fourth-order valence-corrected chi connectivity index (χ4v) is 1.51. The van der Waals surface area contributed by atoms with Crippen molar-refractivity contribution in [2.24, 2.45) is 0 Å². The summed E-state index contributed by atoms with van der Waals surface area (Å²) in [6, 6.07) is 4.86. The van der Waals surface area contributed by atoms with Crippen LogP contribution in [-0.4, -0.2) is 51.7 Å². The van der Waals surface area contributed by atoms with E-state index in [9.17, 15) is 9.59 Å². The Morgan fingerprint density at radius 3 is 2.37 bits per heavy atom. The van der Waals surface area contributed by atoms with E-state index in [1.807, 2.05) is 0 Å².